The molecule has 4 amide bonds. The van der Waals surface area contributed by atoms with Crippen molar-refractivity contribution in [2.45, 2.75) is 19.8 Å². The van der Waals surface area contributed by atoms with Gasteiger partial charge in [-0.25, -0.2) is 14.5 Å². The van der Waals surface area contributed by atoms with Crippen molar-refractivity contribution >= 4 is 12.1 Å². The van der Waals surface area contributed by atoms with Gasteiger partial charge in [-0.2, -0.15) is 0 Å². The standard InChI is InChI=1S/C13H25N3O4/c1-4-5-6-14-11-15(7-9-19-2)13(18)16(12(14)17)8-10-20-3/h4-11H2,1-3H3. The zero-order valence-electron chi connectivity index (χ0n) is 12.6. The van der Waals surface area contributed by atoms with E-state index in [-0.39, 0.29) is 18.6 Å². The molecule has 0 bridgehead atoms. The van der Waals surface area contributed by atoms with Gasteiger partial charge >= 0.3 is 12.1 Å². The second-order valence-corrected chi connectivity index (χ2v) is 4.72. The lowest BCUT2D eigenvalue weighted by Gasteiger charge is -2.41. The summed E-state index contributed by atoms with van der Waals surface area (Å²) in [5, 5.41) is 0. The summed E-state index contributed by atoms with van der Waals surface area (Å²) in [4.78, 5) is 29.1. The molecule has 1 rings (SSSR count). The summed E-state index contributed by atoms with van der Waals surface area (Å²) in [6, 6.07) is -0.494. The largest absolute Gasteiger partial charge is 0.383 e. The Balaban J connectivity index is 2.73. The highest BCUT2D eigenvalue weighted by Gasteiger charge is 2.36. The Morgan fingerprint density at radius 2 is 1.50 bits per heavy atom. The number of amides is 4. The van der Waals surface area contributed by atoms with E-state index in [0.29, 0.717) is 33.0 Å². The molecule has 0 aliphatic carbocycles. The van der Waals surface area contributed by atoms with Crippen LogP contribution in [0, 0.1) is 0 Å². The van der Waals surface area contributed by atoms with Crippen LogP contribution in [0.25, 0.3) is 0 Å². The molecule has 0 radical (unpaired) electrons. The van der Waals surface area contributed by atoms with E-state index < -0.39 is 0 Å². The van der Waals surface area contributed by atoms with Gasteiger partial charge < -0.3 is 19.3 Å². The van der Waals surface area contributed by atoms with E-state index in [1.165, 1.54) is 4.90 Å². The van der Waals surface area contributed by atoms with E-state index in [2.05, 4.69) is 6.92 Å². The Morgan fingerprint density at radius 1 is 0.950 bits per heavy atom. The Labute approximate surface area is 120 Å². The molecule has 0 spiro atoms. The van der Waals surface area contributed by atoms with Crippen molar-refractivity contribution in [1.29, 1.82) is 0 Å². The quantitative estimate of drug-likeness (QED) is 0.639. The number of carbonyl (C=O) groups excluding carboxylic acids is 2. The average molecular weight is 287 g/mol. The van der Waals surface area contributed by atoms with E-state index in [9.17, 15) is 9.59 Å². The normalized spacial score (nSPS) is 16.2. The highest BCUT2D eigenvalue weighted by atomic mass is 16.5. The zero-order valence-corrected chi connectivity index (χ0v) is 12.6. The number of hydrogen-bond donors (Lipinski definition) is 0. The maximum atomic E-state index is 12.3. The molecule has 1 fully saturated rings. The lowest BCUT2D eigenvalue weighted by molar-refractivity contribution is 0.0565. The van der Waals surface area contributed by atoms with Crippen LogP contribution < -0.4 is 0 Å². The molecule has 7 heteroatoms. The predicted octanol–water partition coefficient (Wildman–Crippen LogP) is 1.20. The van der Waals surface area contributed by atoms with E-state index in [1.54, 1.807) is 24.0 Å². The Bertz CT molecular complexity index is 299. The Morgan fingerprint density at radius 3 is 2.05 bits per heavy atom. The first-order chi connectivity index (χ1) is 9.65. The fraction of sp³-hybridized carbons (Fsp3) is 0.846. The van der Waals surface area contributed by atoms with Gasteiger partial charge in [-0.1, -0.05) is 13.3 Å². The van der Waals surface area contributed by atoms with Crippen molar-refractivity contribution in [2.24, 2.45) is 0 Å². The number of methoxy groups -OCH3 is 2. The SMILES string of the molecule is CCCCN1CN(CCOC)C(=O)N(CCOC)C1=O. The molecule has 1 aliphatic heterocycles. The summed E-state index contributed by atoms with van der Waals surface area (Å²) in [5.74, 6) is 0. The maximum Gasteiger partial charge on any atom is 0.329 e. The summed E-state index contributed by atoms with van der Waals surface area (Å²) in [7, 11) is 3.15. The first-order valence-corrected chi connectivity index (χ1v) is 6.98. The molecule has 1 saturated heterocycles. The van der Waals surface area contributed by atoms with Crippen LogP contribution in [0.4, 0.5) is 9.59 Å². The highest BCUT2D eigenvalue weighted by molar-refractivity contribution is 5.95. The number of hydrogen-bond acceptors (Lipinski definition) is 4. The molecule has 0 aromatic heterocycles. The van der Waals surface area contributed by atoms with Crippen LogP contribution in [-0.4, -0.2) is 80.5 Å². The van der Waals surface area contributed by atoms with Crippen LogP contribution in [0.15, 0.2) is 0 Å². The van der Waals surface area contributed by atoms with Crippen molar-refractivity contribution < 1.29 is 19.1 Å². The van der Waals surface area contributed by atoms with Crippen LogP contribution >= 0.6 is 0 Å². The van der Waals surface area contributed by atoms with E-state index in [4.69, 9.17) is 9.47 Å². The maximum absolute atomic E-state index is 12.3. The molecular formula is C13H25N3O4. The van der Waals surface area contributed by atoms with Gasteiger partial charge in [0.25, 0.3) is 0 Å². The lowest BCUT2D eigenvalue weighted by atomic mass is 10.3. The summed E-state index contributed by atoms with van der Waals surface area (Å²) < 4.78 is 9.98. The molecule has 20 heavy (non-hydrogen) atoms. The monoisotopic (exact) mass is 287 g/mol. The molecule has 0 aromatic rings. The summed E-state index contributed by atoms with van der Waals surface area (Å²) in [6.07, 6.45) is 1.93. The molecule has 116 valence electrons. The molecule has 0 saturated carbocycles. The summed E-state index contributed by atoms with van der Waals surface area (Å²) >= 11 is 0. The third kappa shape index (κ3) is 4.35. The minimum Gasteiger partial charge on any atom is -0.383 e. The first-order valence-electron chi connectivity index (χ1n) is 6.98. The fourth-order valence-electron chi connectivity index (χ4n) is 2.01. The van der Waals surface area contributed by atoms with Gasteiger partial charge in [-0.05, 0) is 6.42 Å². The van der Waals surface area contributed by atoms with Crippen LogP contribution in [0.1, 0.15) is 19.8 Å². The molecular weight excluding hydrogens is 262 g/mol. The second kappa shape index (κ2) is 8.76. The number of ether oxygens (including phenoxy) is 2. The number of rotatable bonds is 9. The van der Waals surface area contributed by atoms with Crippen LogP contribution in [-0.2, 0) is 9.47 Å². The second-order valence-electron chi connectivity index (χ2n) is 4.72. The van der Waals surface area contributed by atoms with Gasteiger partial charge in [0, 0.05) is 27.3 Å². The van der Waals surface area contributed by atoms with Crippen molar-refractivity contribution in [3.63, 3.8) is 0 Å². The minimum atomic E-state index is -0.267. The number of urea groups is 2. The molecule has 0 unspecified atom stereocenters. The molecule has 7 nitrogen and oxygen atoms in total. The molecule has 0 atom stereocenters. The van der Waals surface area contributed by atoms with Gasteiger partial charge in [0.1, 0.15) is 0 Å². The minimum absolute atomic E-state index is 0.228. The van der Waals surface area contributed by atoms with Crippen molar-refractivity contribution in [3.8, 4) is 0 Å². The predicted molar refractivity (Wildman–Crippen MR) is 74.4 cm³/mol. The average Bonchev–Trinajstić information content (AvgIpc) is 2.45. The topological polar surface area (TPSA) is 62.3 Å². The number of carbonyl (C=O) groups is 2. The van der Waals surface area contributed by atoms with Gasteiger partial charge in [-0.3, -0.25) is 0 Å². The van der Waals surface area contributed by atoms with Crippen LogP contribution in [0.3, 0.4) is 0 Å². The van der Waals surface area contributed by atoms with Crippen molar-refractivity contribution in [1.82, 2.24) is 14.7 Å². The summed E-state index contributed by atoms with van der Waals surface area (Å²) in [5.41, 5.74) is 0. The van der Waals surface area contributed by atoms with E-state index in [1.807, 2.05) is 0 Å². The third-order valence-electron chi connectivity index (χ3n) is 3.21. The lowest BCUT2D eigenvalue weighted by Crippen LogP contribution is -2.62. The zero-order chi connectivity index (χ0) is 15.0. The van der Waals surface area contributed by atoms with Gasteiger partial charge in [0.15, 0.2) is 0 Å². The molecule has 1 heterocycles. The molecule has 1 aliphatic rings. The van der Waals surface area contributed by atoms with Crippen molar-refractivity contribution in [2.75, 3.05) is 53.7 Å². The molecule has 0 N–H and O–H groups in total. The molecule has 0 aromatic carbocycles. The van der Waals surface area contributed by atoms with Crippen molar-refractivity contribution in [3.05, 3.63) is 0 Å². The van der Waals surface area contributed by atoms with E-state index >= 15 is 0 Å². The smallest absolute Gasteiger partial charge is 0.329 e. The Hall–Kier alpha value is -1.34. The van der Waals surface area contributed by atoms with E-state index in [0.717, 1.165) is 12.8 Å². The van der Waals surface area contributed by atoms with Gasteiger partial charge in [-0.15, -0.1) is 0 Å². The van der Waals surface area contributed by atoms with Crippen LogP contribution in [0.5, 0.6) is 0 Å². The van der Waals surface area contributed by atoms with Crippen LogP contribution in [0.2, 0.25) is 0 Å². The number of unbranched alkanes of at least 4 members (excludes halogenated alkanes) is 1. The summed E-state index contributed by atoms with van der Waals surface area (Å²) in [6.45, 7) is 4.64. The number of nitrogens with zero attached hydrogens (tertiary/aromatic N) is 3. The first kappa shape index (κ1) is 16.7. The number of imide groups is 1. The van der Waals surface area contributed by atoms with Gasteiger partial charge in [0.05, 0.1) is 26.4 Å². The van der Waals surface area contributed by atoms with Gasteiger partial charge in [0.2, 0.25) is 0 Å². The Kier molecular flexibility index (Phi) is 7.32. The third-order valence-corrected chi connectivity index (χ3v) is 3.21. The fourth-order valence-corrected chi connectivity index (χ4v) is 2.01. The highest BCUT2D eigenvalue weighted by Crippen LogP contribution is 2.13.